The predicted octanol–water partition coefficient (Wildman–Crippen LogP) is 4.18. The Hall–Kier alpha value is -0.480. The van der Waals surface area contributed by atoms with Crippen LogP contribution in [-0.2, 0) is 0 Å². The highest BCUT2D eigenvalue weighted by Crippen LogP contribution is 2.13. The van der Waals surface area contributed by atoms with E-state index in [1.807, 2.05) is 6.92 Å². The van der Waals surface area contributed by atoms with E-state index in [1.165, 1.54) is 58.2 Å². The van der Waals surface area contributed by atoms with E-state index < -0.39 is 0 Å². The Morgan fingerprint density at radius 2 is 1.12 bits per heavy atom. The molecular formula is C15H30N+. The molecular weight excluding hydrogens is 194 g/mol. The lowest BCUT2D eigenvalue weighted by Crippen LogP contribution is -2.45. The summed E-state index contributed by atoms with van der Waals surface area (Å²) in [7, 11) is 0. The number of hydrogen-bond donors (Lipinski definition) is 0. The van der Waals surface area contributed by atoms with Crippen molar-refractivity contribution in [2.45, 2.75) is 66.2 Å². The zero-order chi connectivity index (χ0) is 12.3. The summed E-state index contributed by atoms with van der Waals surface area (Å²) in [6.45, 7) is 12.5. The summed E-state index contributed by atoms with van der Waals surface area (Å²) in [6.07, 6.45) is 7.77. The Kier molecular flexibility index (Phi) is 9.43. The Labute approximate surface area is 103 Å². The first-order valence-corrected chi connectivity index (χ1v) is 7.04. The van der Waals surface area contributed by atoms with Crippen molar-refractivity contribution in [3.05, 3.63) is 0 Å². The smallest absolute Gasteiger partial charge is 0.136 e. The topological polar surface area (TPSA) is 0 Å². The largest absolute Gasteiger partial charge is 0.246 e. The second-order valence-corrected chi connectivity index (χ2v) is 4.74. The second-order valence-electron chi connectivity index (χ2n) is 4.74. The molecule has 1 nitrogen and oxygen atoms in total. The third-order valence-corrected chi connectivity index (χ3v) is 3.17. The Morgan fingerprint density at radius 3 is 1.38 bits per heavy atom. The molecule has 1 heteroatoms. The fraction of sp³-hybridized carbons (Fsp3) is 0.867. The first-order valence-electron chi connectivity index (χ1n) is 7.04. The van der Waals surface area contributed by atoms with Crippen molar-refractivity contribution in [1.29, 1.82) is 0 Å². The molecule has 0 rings (SSSR count). The summed E-state index contributed by atoms with van der Waals surface area (Å²) in [5, 5.41) is 0. The quantitative estimate of drug-likeness (QED) is 0.407. The van der Waals surface area contributed by atoms with Crippen molar-refractivity contribution in [3.8, 4) is 12.0 Å². The van der Waals surface area contributed by atoms with Gasteiger partial charge in [-0.2, -0.15) is 0 Å². The molecule has 0 aliphatic rings. The van der Waals surface area contributed by atoms with E-state index >= 15 is 0 Å². The van der Waals surface area contributed by atoms with Crippen LogP contribution in [0.1, 0.15) is 66.2 Å². The fourth-order valence-electron chi connectivity index (χ4n) is 2.12. The van der Waals surface area contributed by atoms with Crippen LogP contribution in [0.15, 0.2) is 0 Å². The third-order valence-electron chi connectivity index (χ3n) is 3.17. The maximum atomic E-state index is 3.49. The van der Waals surface area contributed by atoms with Gasteiger partial charge in [0, 0.05) is 6.92 Å². The second kappa shape index (κ2) is 9.73. The number of rotatable bonds is 9. The Morgan fingerprint density at radius 1 is 0.750 bits per heavy atom. The maximum Gasteiger partial charge on any atom is 0.136 e. The van der Waals surface area contributed by atoms with E-state index in [9.17, 15) is 0 Å². The average molecular weight is 224 g/mol. The molecule has 0 saturated carbocycles. The van der Waals surface area contributed by atoms with Gasteiger partial charge < -0.3 is 0 Å². The highest BCUT2D eigenvalue weighted by Gasteiger charge is 2.23. The Bertz CT molecular complexity index is 187. The van der Waals surface area contributed by atoms with Crippen LogP contribution in [0.25, 0.3) is 0 Å². The first kappa shape index (κ1) is 15.5. The van der Waals surface area contributed by atoms with Crippen LogP contribution < -0.4 is 0 Å². The molecule has 0 radical (unpaired) electrons. The summed E-state index contributed by atoms with van der Waals surface area (Å²) in [4.78, 5) is 0. The van der Waals surface area contributed by atoms with E-state index in [1.54, 1.807) is 0 Å². The zero-order valence-corrected chi connectivity index (χ0v) is 11.8. The van der Waals surface area contributed by atoms with Crippen LogP contribution >= 0.6 is 0 Å². The molecule has 0 N–H and O–H groups in total. The van der Waals surface area contributed by atoms with Gasteiger partial charge in [-0.05, 0) is 25.2 Å². The van der Waals surface area contributed by atoms with Crippen molar-refractivity contribution in [2.24, 2.45) is 0 Å². The van der Waals surface area contributed by atoms with Crippen LogP contribution in [0.2, 0.25) is 0 Å². The van der Waals surface area contributed by atoms with E-state index in [0.29, 0.717) is 0 Å². The molecule has 0 bridgehead atoms. The lowest BCUT2D eigenvalue weighted by Gasteiger charge is -2.32. The van der Waals surface area contributed by atoms with E-state index in [4.69, 9.17) is 0 Å². The summed E-state index contributed by atoms with van der Waals surface area (Å²) in [6, 6.07) is 3.49. The fourth-order valence-corrected chi connectivity index (χ4v) is 2.12. The Balaban J connectivity index is 4.50. The van der Waals surface area contributed by atoms with Gasteiger partial charge in [0.2, 0.25) is 0 Å². The molecule has 0 unspecified atom stereocenters. The molecule has 94 valence electrons. The molecule has 0 aromatic rings. The first-order chi connectivity index (χ1) is 7.74. The van der Waals surface area contributed by atoms with Crippen molar-refractivity contribution < 1.29 is 4.48 Å². The van der Waals surface area contributed by atoms with Gasteiger partial charge in [-0.25, -0.2) is 4.48 Å². The highest BCUT2D eigenvalue weighted by molar-refractivity contribution is 4.87. The summed E-state index contributed by atoms with van der Waals surface area (Å²) in [5.74, 6) is 3.16. The van der Waals surface area contributed by atoms with Crippen molar-refractivity contribution in [1.82, 2.24) is 0 Å². The molecule has 0 fully saturated rings. The van der Waals surface area contributed by atoms with Crippen molar-refractivity contribution in [2.75, 3.05) is 19.6 Å². The van der Waals surface area contributed by atoms with Crippen molar-refractivity contribution in [3.63, 3.8) is 0 Å². The minimum Gasteiger partial charge on any atom is -0.246 e. The van der Waals surface area contributed by atoms with Crippen LogP contribution in [0, 0.1) is 12.0 Å². The van der Waals surface area contributed by atoms with Gasteiger partial charge in [-0.15, -0.1) is 0 Å². The number of unbranched alkanes of at least 4 members (excludes halogenated alkanes) is 3. The van der Waals surface area contributed by atoms with Gasteiger partial charge in [-0.3, -0.25) is 0 Å². The monoisotopic (exact) mass is 224 g/mol. The lowest BCUT2D eigenvalue weighted by atomic mass is 10.2. The summed E-state index contributed by atoms with van der Waals surface area (Å²) >= 11 is 0. The molecule has 0 aliphatic heterocycles. The molecule has 0 aromatic carbocycles. The number of quaternary nitrogens is 1. The molecule has 0 spiro atoms. The van der Waals surface area contributed by atoms with E-state index in [0.717, 1.165) is 4.48 Å². The minimum absolute atomic E-state index is 1.05. The van der Waals surface area contributed by atoms with Gasteiger partial charge in [0.15, 0.2) is 0 Å². The van der Waals surface area contributed by atoms with Crippen LogP contribution in [0.3, 0.4) is 0 Å². The summed E-state index contributed by atoms with van der Waals surface area (Å²) < 4.78 is 1.05. The molecule has 0 atom stereocenters. The van der Waals surface area contributed by atoms with Crippen LogP contribution in [0.5, 0.6) is 0 Å². The number of nitrogens with zero attached hydrogens (tertiary/aromatic N) is 1. The third kappa shape index (κ3) is 6.18. The zero-order valence-electron chi connectivity index (χ0n) is 11.8. The van der Waals surface area contributed by atoms with Crippen LogP contribution in [-0.4, -0.2) is 24.1 Å². The van der Waals surface area contributed by atoms with E-state index in [-0.39, 0.29) is 0 Å². The van der Waals surface area contributed by atoms with Gasteiger partial charge in [0.1, 0.15) is 6.04 Å². The van der Waals surface area contributed by atoms with Gasteiger partial charge >= 0.3 is 0 Å². The molecule has 0 heterocycles. The van der Waals surface area contributed by atoms with Crippen LogP contribution in [0.4, 0.5) is 0 Å². The van der Waals surface area contributed by atoms with Crippen molar-refractivity contribution >= 4 is 0 Å². The van der Waals surface area contributed by atoms with E-state index in [2.05, 4.69) is 32.7 Å². The van der Waals surface area contributed by atoms with Gasteiger partial charge in [0.05, 0.1) is 19.6 Å². The standard InChI is InChI=1S/C15H30N/c1-5-9-13-16(12-8-4,14-10-6-2)15-11-7-3/h5-7,9-11,13-15H2,1-4H3/q+1. The molecule has 0 amide bonds. The SMILES string of the molecule is CC#C[N+](CCCC)(CCCC)CCCC. The molecule has 16 heavy (non-hydrogen) atoms. The van der Waals surface area contributed by atoms with Gasteiger partial charge in [0.25, 0.3) is 0 Å². The normalized spacial score (nSPS) is 11.0. The van der Waals surface area contributed by atoms with Gasteiger partial charge in [-0.1, -0.05) is 40.0 Å². The summed E-state index contributed by atoms with van der Waals surface area (Å²) in [5.41, 5.74) is 0. The average Bonchev–Trinajstić information content (AvgIpc) is 2.31. The lowest BCUT2D eigenvalue weighted by molar-refractivity contribution is -0.864. The highest BCUT2D eigenvalue weighted by atomic mass is 15.3. The minimum atomic E-state index is 1.05. The molecule has 0 saturated heterocycles. The molecule has 0 aromatic heterocycles. The maximum absolute atomic E-state index is 3.49. The number of hydrogen-bond acceptors (Lipinski definition) is 0. The molecule has 0 aliphatic carbocycles. The predicted molar refractivity (Wildman–Crippen MR) is 73.0 cm³/mol.